The van der Waals surface area contributed by atoms with Crippen LogP contribution in [0.5, 0.6) is 11.5 Å². The minimum absolute atomic E-state index is 0.0211. The zero-order valence-electron chi connectivity index (χ0n) is 16.5. The Bertz CT molecular complexity index is 865. The van der Waals surface area contributed by atoms with Crippen molar-refractivity contribution in [1.29, 1.82) is 0 Å². The van der Waals surface area contributed by atoms with Gasteiger partial charge in [0.05, 0.1) is 20.1 Å². The van der Waals surface area contributed by atoms with E-state index in [1.165, 1.54) is 0 Å². The second-order valence-electron chi connectivity index (χ2n) is 7.07. The predicted molar refractivity (Wildman–Crippen MR) is 106 cm³/mol. The van der Waals surface area contributed by atoms with Gasteiger partial charge < -0.3 is 19.7 Å². The summed E-state index contributed by atoms with van der Waals surface area (Å²) in [6.07, 6.45) is 0.254. The van der Waals surface area contributed by atoms with E-state index < -0.39 is 0 Å². The summed E-state index contributed by atoms with van der Waals surface area (Å²) in [6.45, 7) is 3.39. The zero-order valence-corrected chi connectivity index (χ0v) is 16.5. The van der Waals surface area contributed by atoms with Gasteiger partial charge in [-0.1, -0.05) is 35.9 Å². The molecule has 0 aliphatic carbocycles. The number of amides is 2. The van der Waals surface area contributed by atoms with E-state index in [-0.39, 0.29) is 24.2 Å². The number of hydrogen-bond donors (Lipinski definition) is 1. The highest BCUT2D eigenvalue weighted by Crippen LogP contribution is 2.27. The molecule has 1 fully saturated rings. The van der Waals surface area contributed by atoms with Gasteiger partial charge in [-0.25, -0.2) is 0 Å². The Morgan fingerprint density at radius 1 is 1.11 bits per heavy atom. The first-order valence-electron chi connectivity index (χ1n) is 9.32. The molecule has 1 unspecified atom stereocenters. The molecule has 28 heavy (non-hydrogen) atoms. The molecule has 0 aromatic heterocycles. The molecule has 0 saturated carbocycles. The number of ether oxygens (including phenoxy) is 2. The molecule has 0 spiro atoms. The van der Waals surface area contributed by atoms with Crippen LogP contribution in [0.4, 0.5) is 0 Å². The van der Waals surface area contributed by atoms with Gasteiger partial charge >= 0.3 is 0 Å². The lowest BCUT2D eigenvalue weighted by Gasteiger charge is -2.17. The third kappa shape index (κ3) is 4.63. The predicted octanol–water partition coefficient (Wildman–Crippen LogP) is 2.68. The van der Waals surface area contributed by atoms with Gasteiger partial charge in [-0.2, -0.15) is 0 Å². The molecular weight excluding hydrogens is 356 g/mol. The first-order valence-corrected chi connectivity index (χ1v) is 9.32. The Morgan fingerprint density at radius 3 is 2.61 bits per heavy atom. The number of nitrogens with zero attached hydrogens (tertiary/aromatic N) is 1. The molecule has 1 aliphatic rings. The van der Waals surface area contributed by atoms with Crippen molar-refractivity contribution < 1.29 is 19.1 Å². The first kappa shape index (κ1) is 19.7. The van der Waals surface area contributed by atoms with E-state index in [0.29, 0.717) is 31.1 Å². The quantitative estimate of drug-likeness (QED) is 0.799. The normalized spacial score (nSPS) is 16.2. The maximum atomic E-state index is 12.5. The Kier molecular flexibility index (Phi) is 6.19. The van der Waals surface area contributed by atoms with Crippen molar-refractivity contribution in [1.82, 2.24) is 10.2 Å². The molecule has 1 heterocycles. The highest BCUT2D eigenvalue weighted by atomic mass is 16.5. The molecule has 148 valence electrons. The third-order valence-corrected chi connectivity index (χ3v) is 4.96. The average molecular weight is 382 g/mol. The maximum absolute atomic E-state index is 12.5. The SMILES string of the molecule is COc1ccc(CNC(=O)C2CC(=O)N(Cc3cccc(C)c3)C2)cc1OC. The summed E-state index contributed by atoms with van der Waals surface area (Å²) >= 11 is 0. The van der Waals surface area contributed by atoms with Crippen molar-refractivity contribution in [3.8, 4) is 11.5 Å². The Labute approximate surface area is 165 Å². The molecule has 1 aliphatic heterocycles. The molecule has 0 bridgehead atoms. The fourth-order valence-corrected chi connectivity index (χ4v) is 3.46. The van der Waals surface area contributed by atoms with Gasteiger partial charge in [-0.15, -0.1) is 0 Å². The molecule has 6 heteroatoms. The summed E-state index contributed by atoms with van der Waals surface area (Å²) in [5.41, 5.74) is 3.15. The molecule has 0 radical (unpaired) electrons. The summed E-state index contributed by atoms with van der Waals surface area (Å²) in [4.78, 5) is 26.6. The molecule has 1 saturated heterocycles. The average Bonchev–Trinajstić information content (AvgIpc) is 3.06. The zero-order chi connectivity index (χ0) is 20.1. The second-order valence-corrected chi connectivity index (χ2v) is 7.07. The molecule has 6 nitrogen and oxygen atoms in total. The highest BCUT2D eigenvalue weighted by molar-refractivity contribution is 5.89. The Hall–Kier alpha value is -3.02. The summed E-state index contributed by atoms with van der Waals surface area (Å²) in [5.74, 6) is 0.862. The molecule has 2 aromatic rings. The van der Waals surface area contributed by atoms with Crippen molar-refractivity contribution in [2.45, 2.75) is 26.4 Å². The summed E-state index contributed by atoms with van der Waals surface area (Å²) in [7, 11) is 3.16. The van der Waals surface area contributed by atoms with Crippen LogP contribution < -0.4 is 14.8 Å². The molecule has 3 rings (SSSR count). The van der Waals surface area contributed by atoms with Crippen molar-refractivity contribution in [3.63, 3.8) is 0 Å². The van der Waals surface area contributed by atoms with E-state index in [1.54, 1.807) is 19.1 Å². The summed E-state index contributed by atoms with van der Waals surface area (Å²) < 4.78 is 10.5. The van der Waals surface area contributed by atoms with E-state index in [4.69, 9.17) is 9.47 Å². The van der Waals surface area contributed by atoms with Crippen LogP contribution in [0.25, 0.3) is 0 Å². The van der Waals surface area contributed by atoms with Gasteiger partial charge in [-0.05, 0) is 30.2 Å². The number of methoxy groups -OCH3 is 2. The van der Waals surface area contributed by atoms with E-state index in [9.17, 15) is 9.59 Å². The number of rotatable bonds is 7. The van der Waals surface area contributed by atoms with Gasteiger partial charge in [0.2, 0.25) is 11.8 Å². The van der Waals surface area contributed by atoms with Crippen LogP contribution in [0.15, 0.2) is 42.5 Å². The summed E-state index contributed by atoms with van der Waals surface area (Å²) in [6, 6.07) is 13.6. The number of carbonyl (C=O) groups excluding carboxylic acids is 2. The third-order valence-electron chi connectivity index (χ3n) is 4.96. The lowest BCUT2D eigenvalue weighted by atomic mass is 10.1. The fraction of sp³-hybridized carbons (Fsp3) is 0.364. The van der Waals surface area contributed by atoms with E-state index in [0.717, 1.165) is 16.7 Å². The van der Waals surface area contributed by atoms with Gasteiger partial charge in [0.25, 0.3) is 0 Å². The van der Waals surface area contributed by atoms with Crippen LogP contribution in [0, 0.1) is 12.8 Å². The van der Waals surface area contributed by atoms with Crippen LogP contribution in [0.3, 0.4) is 0 Å². The summed E-state index contributed by atoms with van der Waals surface area (Å²) in [5, 5.41) is 2.93. The monoisotopic (exact) mass is 382 g/mol. The lowest BCUT2D eigenvalue weighted by molar-refractivity contribution is -0.129. The van der Waals surface area contributed by atoms with E-state index in [1.807, 2.05) is 43.3 Å². The number of carbonyl (C=O) groups is 2. The second kappa shape index (κ2) is 8.78. The fourth-order valence-electron chi connectivity index (χ4n) is 3.46. The van der Waals surface area contributed by atoms with Crippen molar-refractivity contribution >= 4 is 11.8 Å². The van der Waals surface area contributed by atoms with Gasteiger partial charge in [0, 0.05) is 26.1 Å². The molecular formula is C22H26N2O4. The van der Waals surface area contributed by atoms with Gasteiger partial charge in [0.15, 0.2) is 11.5 Å². The van der Waals surface area contributed by atoms with Gasteiger partial charge in [0.1, 0.15) is 0 Å². The molecule has 2 aromatic carbocycles. The number of likely N-dealkylation sites (tertiary alicyclic amines) is 1. The smallest absolute Gasteiger partial charge is 0.225 e. The first-order chi connectivity index (χ1) is 13.5. The topological polar surface area (TPSA) is 67.9 Å². The number of benzene rings is 2. The maximum Gasteiger partial charge on any atom is 0.225 e. The van der Waals surface area contributed by atoms with E-state index >= 15 is 0 Å². The van der Waals surface area contributed by atoms with Crippen LogP contribution >= 0.6 is 0 Å². The van der Waals surface area contributed by atoms with Gasteiger partial charge in [-0.3, -0.25) is 9.59 Å². The largest absolute Gasteiger partial charge is 0.493 e. The van der Waals surface area contributed by atoms with Crippen LogP contribution in [-0.4, -0.2) is 37.5 Å². The van der Waals surface area contributed by atoms with E-state index in [2.05, 4.69) is 11.4 Å². The van der Waals surface area contributed by atoms with Crippen molar-refractivity contribution in [2.75, 3.05) is 20.8 Å². The number of aryl methyl sites for hydroxylation is 1. The van der Waals surface area contributed by atoms with Crippen LogP contribution in [0.1, 0.15) is 23.1 Å². The lowest BCUT2D eigenvalue weighted by Crippen LogP contribution is -2.32. The number of hydrogen-bond acceptors (Lipinski definition) is 4. The molecule has 2 amide bonds. The molecule has 1 atom stereocenters. The standard InChI is InChI=1S/C22H26N2O4/c1-15-5-4-6-17(9-15)13-24-14-18(11-21(24)25)22(26)23-12-16-7-8-19(27-2)20(10-16)28-3/h4-10,18H,11-14H2,1-3H3,(H,23,26). The Morgan fingerprint density at radius 2 is 1.89 bits per heavy atom. The minimum atomic E-state index is -0.322. The number of nitrogens with one attached hydrogen (secondary N) is 1. The van der Waals surface area contributed by atoms with Crippen molar-refractivity contribution in [2.24, 2.45) is 5.92 Å². The molecule has 1 N–H and O–H groups in total. The van der Waals surface area contributed by atoms with Crippen LogP contribution in [0.2, 0.25) is 0 Å². The highest BCUT2D eigenvalue weighted by Gasteiger charge is 2.34. The Balaban J connectivity index is 1.56. The van der Waals surface area contributed by atoms with Crippen LogP contribution in [-0.2, 0) is 22.7 Å². The van der Waals surface area contributed by atoms with Crippen molar-refractivity contribution in [3.05, 3.63) is 59.2 Å². The minimum Gasteiger partial charge on any atom is -0.493 e.